The maximum absolute atomic E-state index is 12.2. The molecule has 0 aliphatic heterocycles. The third-order valence-electron chi connectivity index (χ3n) is 3.41. The Hall–Kier alpha value is -1.61. The third kappa shape index (κ3) is 3.94. The van der Waals surface area contributed by atoms with Crippen LogP contribution in [0.15, 0.2) is 59.5 Å². The zero-order chi connectivity index (χ0) is 14.4. The molecule has 0 saturated heterocycles. The van der Waals surface area contributed by atoms with E-state index in [-0.39, 0.29) is 5.75 Å². The van der Waals surface area contributed by atoms with Crippen LogP contribution in [0.25, 0.3) is 0 Å². The molecule has 2 aromatic rings. The van der Waals surface area contributed by atoms with Gasteiger partial charge in [-0.1, -0.05) is 49.4 Å². The van der Waals surface area contributed by atoms with E-state index < -0.39 is 9.84 Å². The molecule has 0 aliphatic rings. The zero-order valence-corrected chi connectivity index (χ0v) is 12.6. The van der Waals surface area contributed by atoms with Gasteiger partial charge in [0.1, 0.15) is 0 Å². The topological polar surface area (TPSA) is 34.1 Å². The number of aryl methyl sites for hydroxylation is 2. The van der Waals surface area contributed by atoms with Gasteiger partial charge in [0, 0.05) is 0 Å². The highest BCUT2D eigenvalue weighted by Crippen LogP contribution is 2.15. The molecule has 0 fully saturated rings. The van der Waals surface area contributed by atoms with Gasteiger partial charge >= 0.3 is 0 Å². The summed E-state index contributed by atoms with van der Waals surface area (Å²) in [4.78, 5) is 0.433. The second-order valence-corrected chi connectivity index (χ2v) is 7.01. The van der Waals surface area contributed by atoms with Gasteiger partial charge in [0.25, 0.3) is 0 Å². The smallest absolute Gasteiger partial charge is 0.178 e. The number of rotatable bonds is 6. The molecule has 0 bridgehead atoms. The normalized spacial score (nSPS) is 11.4. The van der Waals surface area contributed by atoms with E-state index in [0.29, 0.717) is 11.3 Å². The second kappa shape index (κ2) is 6.71. The Bertz CT molecular complexity index is 628. The van der Waals surface area contributed by atoms with Crippen molar-refractivity contribution >= 4 is 9.84 Å². The summed E-state index contributed by atoms with van der Waals surface area (Å²) in [6.45, 7) is 2.06. The summed E-state index contributed by atoms with van der Waals surface area (Å²) < 4.78 is 24.4. The van der Waals surface area contributed by atoms with E-state index in [1.54, 1.807) is 12.1 Å². The summed E-state index contributed by atoms with van der Waals surface area (Å²) in [5.74, 6) is 0.202. The van der Waals surface area contributed by atoms with Gasteiger partial charge < -0.3 is 0 Å². The van der Waals surface area contributed by atoms with E-state index in [1.165, 1.54) is 5.56 Å². The maximum atomic E-state index is 12.2. The van der Waals surface area contributed by atoms with Crippen molar-refractivity contribution in [3.63, 3.8) is 0 Å². The molecule has 0 amide bonds. The van der Waals surface area contributed by atoms with E-state index in [0.717, 1.165) is 18.4 Å². The molecule has 0 radical (unpaired) electrons. The first-order valence-corrected chi connectivity index (χ1v) is 8.62. The van der Waals surface area contributed by atoms with Crippen molar-refractivity contribution in [2.24, 2.45) is 0 Å². The highest BCUT2D eigenvalue weighted by atomic mass is 32.2. The molecule has 2 aromatic carbocycles. The summed E-state index contributed by atoms with van der Waals surface area (Å²) in [7, 11) is -3.16. The standard InChI is InChI=1S/C17H20O2S/c1-2-15-10-12-17(13-11-15)20(18,19)14-6-9-16-7-4-3-5-8-16/h3-5,7-8,10-13H,2,6,9,14H2,1H3. The summed E-state index contributed by atoms with van der Waals surface area (Å²) in [5.41, 5.74) is 2.34. The Balaban J connectivity index is 1.96. The molecule has 0 aromatic heterocycles. The minimum absolute atomic E-state index is 0.202. The fraction of sp³-hybridized carbons (Fsp3) is 0.294. The van der Waals surface area contributed by atoms with Crippen LogP contribution in [-0.4, -0.2) is 14.2 Å². The van der Waals surface area contributed by atoms with Crippen molar-refractivity contribution in [3.05, 3.63) is 65.7 Å². The summed E-state index contributed by atoms with van der Waals surface area (Å²) in [6.07, 6.45) is 2.38. The van der Waals surface area contributed by atoms with Gasteiger partial charge in [0.05, 0.1) is 10.6 Å². The minimum atomic E-state index is -3.16. The van der Waals surface area contributed by atoms with E-state index >= 15 is 0 Å². The molecular formula is C17H20O2S. The van der Waals surface area contributed by atoms with Crippen molar-refractivity contribution < 1.29 is 8.42 Å². The Kier molecular flexibility index (Phi) is 4.96. The predicted octanol–water partition coefficient (Wildman–Crippen LogP) is 3.66. The summed E-state index contributed by atoms with van der Waals surface area (Å²) >= 11 is 0. The lowest BCUT2D eigenvalue weighted by atomic mass is 10.1. The molecule has 106 valence electrons. The van der Waals surface area contributed by atoms with E-state index in [1.807, 2.05) is 42.5 Å². The van der Waals surface area contributed by atoms with Crippen molar-refractivity contribution in [1.29, 1.82) is 0 Å². The maximum Gasteiger partial charge on any atom is 0.178 e. The zero-order valence-electron chi connectivity index (χ0n) is 11.7. The average Bonchev–Trinajstić information content (AvgIpc) is 2.48. The highest BCUT2D eigenvalue weighted by molar-refractivity contribution is 7.91. The van der Waals surface area contributed by atoms with E-state index in [4.69, 9.17) is 0 Å². The van der Waals surface area contributed by atoms with Crippen LogP contribution in [0.3, 0.4) is 0 Å². The molecular weight excluding hydrogens is 268 g/mol. The first kappa shape index (κ1) is 14.8. The van der Waals surface area contributed by atoms with Crippen LogP contribution in [0.1, 0.15) is 24.5 Å². The van der Waals surface area contributed by atoms with Crippen molar-refractivity contribution in [2.75, 3.05) is 5.75 Å². The van der Waals surface area contributed by atoms with Crippen LogP contribution >= 0.6 is 0 Å². The highest BCUT2D eigenvalue weighted by Gasteiger charge is 2.13. The van der Waals surface area contributed by atoms with E-state index in [9.17, 15) is 8.42 Å². The van der Waals surface area contributed by atoms with Crippen molar-refractivity contribution in [2.45, 2.75) is 31.1 Å². The van der Waals surface area contributed by atoms with Gasteiger partial charge in [0.2, 0.25) is 0 Å². The fourth-order valence-electron chi connectivity index (χ4n) is 2.16. The Morgan fingerprint density at radius 2 is 1.50 bits per heavy atom. The lowest BCUT2D eigenvalue weighted by Crippen LogP contribution is -2.07. The SMILES string of the molecule is CCc1ccc(S(=O)(=O)CCCc2ccccc2)cc1. The van der Waals surface area contributed by atoms with Crippen LogP contribution in [0, 0.1) is 0 Å². The molecule has 0 spiro atoms. The summed E-state index contributed by atoms with van der Waals surface area (Å²) in [5, 5.41) is 0. The molecule has 0 saturated carbocycles. The van der Waals surface area contributed by atoms with Gasteiger partial charge in [-0.05, 0) is 42.5 Å². The van der Waals surface area contributed by atoms with Gasteiger partial charge in [-0.3, -0.25) is 0 Å². The number of benzene rings is 2. The lowest BCUT2D eigenvalue weighted by molar-refractivity contribution is 0.593. The molecule has 2 rings (SSSR count). The lowest BCUT2D eigenvalue weighted by Gasteiger charge is -2.05. The van der Waals surface area contributed by atoms with Gasteiger partial charge in [-0.25, -0.2) is 8.42 Å². The van der Waals surface area contributed by atoms with Gasteiger partial charge in [-0.2, -0.15) is 0 Å². The van der Waals surface area contributed by atoms with Crippen LogP contribution in [-0.2, 0) is 22.7 Å². The Labute approximate surface area is 121 Å². The monoisotopic (exact) mass is 288 g/mol. The van der Waals surface area contributed by atoms with Crippen LogP contribution in [0.4, 0.5) is 0 Å². The first-order valence-electron chi connectivity index (χ1n) is 6.97. The molecule has 2 nitrogen and oxygen atoms in total. The van der Waals surface area contributed by atoms with Crippen molar-refractivity contribution in [3.8, 4) is 0 Å². The van der Waals surface area contributed by atoms with E-state index in [2.05, 4.69) is 6.92 Å². The average molecular weight is 288 g/mol. The third-order valence-corrected chi connectivity index (χ3v) is 5.23. The Morgan fingerprint density at radius 1 is 0.850 bits per heavy atom. The predicted molar refractivity (Wildman–Crippen MR) is 82.6 cm³/mol. The van der Waals surface area contributed by atoms with Crippen LogP contribution < -0.4 is 0 Å². The number of sulfone groups is 1. The van der Waals surface area contributed by atoms with Gasteiger partial charge in [-0.15, -0.1) is 0 Å². The molecule has 0 aliphatic carbocycles. The molecule has 0 atom stereocenters. The first-order chi connectivity index (χ1) is 9.62. The Morgan fingerprint density at radius 3 is 2.10 bits per heavy atom. The number of hydrogen-bond acceptors (Lipinski definition) is 2. The molecule has 20 heavy (non-hydrogen) atoms. The fourth-order valence-corrected chi connectivity index (χ4v) is 3.47. The summed E-state index contributed by atoms with van der Waals surface area (Å²) in [6, 6.07) is 17.2. The minimum Gasteiger partial charge on any atom is -0.224 e. The van der Waals surface area contributed by atoms with Crippen LogP contribution in [0.2, 0.25) is 0 Å². The quantitative estimate of drug-likeness (QED) is 0.813. The molecule has 3 heteroatoms. The van der Waals surface area contributed by atoms with Gasteiger partial charge in [0.15, 0.2) is 9.84 Å². The van der Waals surface area contributed by atoms with Crippen molar-refractivity contribution in [1.82, 2.24) is 0 Å². The second-order valence-electron chi connectivity index (χ2n) is 4.91. The largest absolute Gasteiger partial charge is 0.224 e. The molecule has 0 unspecified atom stereocenters. The van der Waals surface area contributed by atoms with Crippen LogP contribution in [0.5, 0.6) is 0 Å². The molecule has 0 heterocycles. The number of hydrogen-bond donors (Lipinski definition) is 0. The molecule has 0 N–H and O–H groups in total.